The number of pyridine rings is 1. The molecule has 0 saturated carbocycles. The third kappa shape index (κ3) is 3.39. The first kappa shape index (κ1) is 18.3. The van der Waals surface area contributed by atoms with E-state index in [1.807, 2.05) is 61.5 Å². The molecular formula is C23H19ClFN3. The van der Waals surface area contributed by atoms with Crippen LogP contribution in [0.1, 0.15) is 18.5 Å². The number of nitrogens with one attached hydrogen (secondary N) is 1. The van der Waals surface area contributed by atoms with Crippen LogP contribution in [-0.4, -0.2) is 4.98 Å². The SMILES string of the molecule is C[C@@H](Nc1c(Cl)cnc2ccccc12)c1cc(-c2ccccc2N)ccc1F. The van der Waals surface area contributed by atoms with Gasteiger partial charge >= 0.3 is 0 Å². The summed E-state index contributed by atoms with van der Waals surface area (Å²) in [6.45, 7) is 1.90. The van der Waals surface area contributed by atoms with Crippen LogP contribution in [0.2, 0.25) is 5.02 Å². The van der Waals surface area contributed by atoms with E-state index in [0.717, 1.165) is 27.7 Å². The smallest absolute Gasteiger partial charge is 0.128 e. The van der Waals surface area contributed by atoms with Crippen LogP contribution < -0.4 is 11.1 Å². The highest BCUT2D eigenvalue weighted by atomic mass is 35.5. The van der Waals surface area contributed by atoms with Gasteiger partial charge in [0.2, 0.25) is 0 Å². The molecule has 0 aliphatic heterocycles. The van der Waals surface area contributed by atoms with Crippen molar-refractivity contribution < 1.29 is 4.39 Å². The first-order valence-electron chi connectivity index (χ1n) is 8.98. The van der Waals surface area contributed by atoms with E-state index in [2.05, 4.69) is 10.3 Å². The number of hydrogen-bond acceptors (Lipinski definition) is 3. The molecule has 1 atom stereocenters. The number of rotatable bonds is 4. The molecule has 0 fully saturated rings. The van der Waals surface area contributed by atoms with Gasteiger partial charge in [-0.1, -0.05) is 54.1 Å². The molecule has 140 valence electrons. The lowest BCUT2D eigenvalue weighted by Gasteiger charge is -2.20. The second-order valence-electron chi connectivity index (χ2n) is 6.69. The molecule has 3 N–H and O–H groups in total. The summed E-state index contributed by atoms with van der Waals surface area (Å²) in [6.07, 6.45) is 1.61. The number of nitrogens with zero attached hydrogens (tertiary/aromatic N) is 1. The number of para-hydroxylation sites is 2. The van der Waals surface area contributed by atoms with Gasteiger partial charge in [-0.15, -0.1) is 0 Å². The maximum atomic E-state index is 14.6. The first-order chi connectivity index (χ1) is 13.5. The maximum Gasteiger partial charge on any atom is 0.128 e. The van der Waals surface area contributed by atoms with Crippen molar-refractivity contribution in [3.05, 3.63) is 89.3 Å². The lowest BCUT2D eigenvalue weighted by Crippen LogP contribution is -2.10. The number of aromatic nitrogens is 1. The Balaban J connectivity index is 1.73. The van der Waals surface area contributed by atoms with Gasteiger partial charge in [0.25, 0.3) is 0 Å². The Hall–Kier alpha value is -3.11. The van der Waals surface area contributed by atoms with Gasteiger partial charge in [-0.3, -0.25) is 4.98 Å². The van der Waals surface area contributed by atoms with E-state index < -0.39 is 0 Å². The summed E-state index contributed by atoms with van der Waals surface area (Å²) in [7, 11) is 0. The van der Waals surface area contributed by atoms with Crippen molar-refractivity contribution in [2.24, 2.45) is 0 Å². The molecule has 0 unspecified atom stereocenters. The maximum absolute atomic E-state index is 14.6. The Morgan fingerprint density at radius 2 is 1.79 bits per heavy atom. The van der Waals surface area contributed by atoms with Gasteiger partial charge in [-0.25, -0.2) is 4.39 Å². The number of nitrogens with two attached hydrogens (primary N) is 1. The van der Waals surface area contributed by atoms with Gasteiger partial charge < -0.3 is 11.1 Å². The highest BCUT2D eigenvalue weighted by molar-refractivity contribution is 6.34. The van der Waals surface area contributed by atoms with Crippen LogP contribution in [0.15, 0.2) is 72.9 Å². The molecule has 0 bridgehead atoms. The molecule has 0 radical (unpaired) electrons. The van der Waals surface area contributed by atoms with Gasteiger partial charge in [0.05, 0.1) is 22.3 Å². The summed E-state index contributed by atoms with van der Waals surface area (Å²) in [5.74, 6) is -0.285. The summed E-state index contributed by atoms with van der Waals surface area (Å²) in [5.41, 5.74) is 10.6. The number of benzene rings is 3. The Morgan fingerprint density at radius 1 is 1.04 bits per heavy atom. The molecule has 0 aliphatic carbocycles. The number of halogens is 2. The molecule has 4 aromatic rings. The molecule has 28 heavy (non-hydrogen) atoms. The van der Waals surface area contributed by atoms with Gasteiger partial charge in [-0.05, 0) is 36.8 Å². The largest absolute Gasteiger partial charge is 0.398 e. The zero-order chi connectivity index (χ0) is 19.7. The molecule has 4 rings (SSSR count). The molecular weight excluding hydrogens is 373 g/mol. The molecule has 3 aromatic carbocycles. The van der Waals surface area contributed by atoms with Gasteiger partial charge in [0, 0.05) is 28.4 Å². The first-order valence-corrected chi connectivity index (χ1v) is 9.36. The Bertz CT molecular complexity index is 1160. The third-order valence-corrected chi connectivity index (χ3v) is 5.11. The van der Waals surface area contributed by atoms with Crippen molar-refractivity contribution >= 4 is 33.9 Å². The molecule has 5 heteroatoms. The van der Waals surface area contributed by atoms with Crippen molar-refractivity contribution in [2.45, 2.75) is 13.0 Å². The summed E-state index contributed by atoms with van der Waals surface area (Å²) in [4.78, 5) is 4.34. The predicted octanol–water partition coefficient (Wildman–Crippen LogP) is 6.45. The molecule has 0 saturated heterocycles. The summed E-state index contributed by atoms with van der Waals surface area (Å²) in [5, 5.41) is 4.75. The van der Waals surface area contributed by atoms with Gasteiger partial charge in [0.1, 0.15) is 5.82 Å². The van der Waals surface area contributed by atoms with Gasteiger partial charge in [0.15, 0.2) is 0 Å². The number of fused-ring (bicyclic) bond motifs is 1. The minimum Gasteiger partial charge on any atom is -0.398 e. The second-order valence-corrected chi connectivity index (χ2v) is 7.10. The van der Waals surface area contributed by atoms with Crippen LogP contribution in [0.25, 0.3) is 22.0 Å². The van der Waals surface area contributed by atoms with E-state index in [4.69, 9.17) is 17.3 Å². The fourth-order valence-electron chi connectivity index (χ4n) is 3.36. The van der Waals surface area contributed by atoms with Crippen molar-refractivity contribution in [1.82, 2.24) is 4.98 Å². The quantitative estimate of drug-likeness (QED) is 0.393. The number of hydrogen-bond donors (Lipinski definition) is 2. The average molecular weight is 392 g/mol. The molecule has 1 heterocycles. The van der Waals surface area contributed by atoms with Crippen LogP contribution in [0.3, 0.4) is 0 Å². The van der Waals surface area contributed by atoms with E-state index in [1.54, 1.807) is 12.3 Å². The van der Waals surface area contributed by atoms with E-state index in [-0.39, 0.29) is 11.9 Å². The standard InChI is InChI=1S/C23H19ClFN3/c1-14(28-23-17-7-3-5-9-22(17)27-13-19(23)24)18-12-15(10-11-20(18)25)16-6-2-4-8-21(16)26/h2-14H,26H2,1H3,(H,27,28)/t14-/m1/s1. The molecule has 1 aromatic heterocycles. The third-order valence-electron chi connectivity index (χ3n) is 4.82. The average Bonchev–Trinajstić information content (AvgIpc) is 2.71. The Labute approximate surface area is 168 Å². The van der Waals surface area contributed by atoms with E-state index >= 15 is 0 Å². The van der Waals surface area contributed by atoms with E-state index in [1.165, 1.54) is 6.07 Å². The summed E-state index contributed by atoms with van der Waals surface area (Å²) < 4.78 is 14.6. The zero-order valence-corrected chi connectivity index (χ0v) is 16.0. The Morgan fingerprint density at radius 3 is 2.61 bits per heavy atom. The van der Waals surface area contributed by atoms with Crippen molar-refractivity contribution in [3.8, 4) is 11.1 Å². The molecule has 3 nitrogen and oxygen atoms in total. The van der Waals surface area contributed by atoms with Crippen molar-refractivity contribution in [3.63, 3.8) is 0 Å². The van der Waals surface area contributed by atoms with Gasteiger partial charge in [-0.2, -0.15) is 0 Å². The van der Waals surface area contributed by atoms with Crippen molar-refractivity contribution in [2.75, 3.05) is 11.1 Å². The fourth-order valence-corrected chi connectivity index (χ4v) is 3.57. The normalized spacial score (nSPS) is 12.1. The number of nitrogen functional groups attached to an aromatic ring is 1. The Kier molecular flexibility index (Phi) is 4.88. The van der Waals surface area contributed by atoms with E-state index in [0.29, 0.717) is 16.3 Å². The fraction of sp³-hybridized carbons (Fsp3) is 0.0870. The van der Waals surface area contributed by atoms with Crippen LogP contribution in [0.5, 0.6) is 0 Å². The molecule has 0 spiro atoms. The van der Waals surface area contributed by atoms with Crippen LogP contribution in [0, 0.1) is 5.82 Å². The molecule has 0 aliphatic rings. The number of anilines is 2. The van der Waals surface area contributed by atoms with E-state index in [9.17, 15) is 4.39 Å². The highest BCUT2D eigenvalue weighted by Gasteiger charge is 2.16. The summed E-state index contributed by atoms with van der Waals surface area (Å²) in [6, 6.07) is 20.0. The predicted molar refractivity (Wildman–Crippen MR) is 115 cm³/mol. The minimum absolute atomic E-state index is 0.285. The van der Waals surface area contributed by atoms with Crippen molar-refractivity contribution in [1.29, 1.82) is 0 Å². The lowest BCUT2D eigenvalue weighted by atomic mass is 9.98. The molecule has 0 amide bonds. The topological polar surface area (TPSA) is 50.9 Å². The monoisotopic (exact) mass is 391 g/mol. The minimum atomic E-state index is -0.312. The van der Waals surface area contributed by atoms with Crippen LogP contribution in [0.4, 0.5) is 15.8 Å². The zero-order valence-electron chi connectivity index (χ0n) is 15.3. The second kappa shape index (κ2) is 7.49. The van der Waals surface area contributed by atoms with Crippen LogP contribution >= 0.6 is 11.6 Å². The highest BCUT2D eigenvalue weighted by Crippen LogP contribution is 2.34. The van der Waals surface area contributed by atoms with Crippen LogP contribution in [-0.2, 0) is 0 Å². The lowest BCUT2D eigenvalue weighted by molar-refractivity contribution is 0.600. The summed E-state index contributed by atoms with van der Waals surface area (Å²) >= 11 is 6.39.